The molecule has 3 nitrogen and oxygen atoms in total. The number of anilines is 1. The van der Waals surface area contributed by atoms with Gasteiger partial charge in [-0.25, -0.2) is 0 Å². The summed E-state index contributed by atoms with van der Waals surface area (Å²) in [6.07, 6.45) is 5.15. The van der Waals surface area contributed by atoms with E-state index >= 15 is 0 Å². The number of hydrogen-bond donors (Lipinski definition) is 2. The summed E-state index contributed by atoms with van der Waals surface area (Å²) < 4.78 is 0. The number of pyridine rings is 1. The van der Waals surface area contributed by atoms with E-state index < -0.39 is 0 Å². The molecule has 3 N–H and O–H groups in total. The Morgan fingerprint density at radius 2 is 2.25 bits per heavy atom. The van der Waals surface area contributed by atoms with E-state index in [1.54, 1.807) is 18.5 Å². The molecule has 0 bridgehead atoms. The largest absolute Gasteiger partial charge is 0.397 e. The van der Waals surface area contributed by atoms with E-state index in [0.29, 0.717) is 11.6 Å². The molecule has 12 heavy (non-hydrogen) atoms. The van der Waals surface area contributed by atoms with Crippen molar-refractivity contribution in [2.75, 3.05) is 5.73 Å². The lowest BCUT2D eigenvalue weighted by Crippen LogP contribution is -2.01. The Bertz CT molecular complexity index is 284. The van der Waals surface area contributed by atoms with Gasteiger partial charge >= 0.3 is 0 Å². The van der Waals surface area contributed by atoms with Crippen LogP contribution < -0.4 is 5.73 Å². The summed E-state index contributed by atoms with van der Waals surface area (Å²) in [6, 6.07) is 1.79. The standard InChI is InChI=1S/C9H12N2O/c10-8-3-7(4-11-5-8)9(12)6-1-2-6/h3-6,9,12H,1-2,10H2. The predicted molar refractivity (Wildman–Crippen MR) is 46.3 cm³/mol. The highest BCUT2D eigenvalue weighted by atomic mass is 16.3. The van der Waals surface area contributed by atoms with E-state index in [9.17, 15) is 5.11 Å². The van der Waals surface area contributed by atoms with Gasteiger partial charge in [0.05, 0.1) is 11.8 Å². The molecule has 0 amide bonds. The Morgan fingerprint density at radius 1 is 1.50 bits per heavy atom. The van der Waals surface area contributed by atoms with E-state index in [1.165, 1.54) is 0 Å². The minimum Gasteiger partial charge on any atom is -0.397 e. The molecule has 0 spiro atoms. The minimum absolute atomic E-state index is 0.360. The molecule has 1 aliphatic carbocycles. The Labute approximate surface area is 71.2 Å². The Hall–Kier alpha value is -1.09. The molecule has 0 radical (unpaired) electrons. The molecule has 0 aromatic carbocycles. The second kappa shape index (κ2) is 2.75. The first kappa shape index (κ1) is 7.55. The molecule has 64 valence electrons. The van der Waals surface area contributed by atoms with Gasteiger partial charge in [-0.15, -0.1) is 0 Å². The van der Waals surface area contributed by atoms with Gasteiger partial charge in [-0.2, -0.15) is 0 Å². The molecular weight excluding hydrogens is 152 g/mol. The number of hydrogen-bond acceptors (Lipinski definition) is 3. The molecule has 1 heterocycles. The smallest absolute Gasteiger partial charge is 0.0833 e. The van der Waals surface area contributed by atoms with Crippen LogP contribution in [0.3, 0.4) is 0 Å². The first-order valence-corrected chi connectivity index (χ1v) is 4.16. The highest BCUT2D eigenvalue weighted by molar-refractivity contribution is 5.38. The average molecular weight is 164 g/mol. The lowest BCUT2D eigenvalue weighted by atomic mass is 10.1. The summed E-state index contributed by atoms with van der Waals surface area (Å²) in [5.41, 5.74) is 7.01. The second-order valence-electron chi connectivity index (χ2n) is 3.33. The van der Waals surface area contributed by atoms with Crippen LogP contribution in [-0.2, 0) is 0 Å². The predicted octanol–water partition coefficient (Wildman–Crippen LogP) is 1.11. The maximum atomic E-state index is 9.69. The van der Waals surface area contributed by atoms with Crippen LogP contribution in [0.4, 0.5) is 5.69 Å². The maximum absolute atomic E-state index is 9.69. The third kappa shape index (κ3) is 1.41. The van der Waals surface area contributed by atoms with Crippen LogP contribution in [0.2, 0.25) is 0 Å². The van der Waals surface area contributed by atoms with Gasteiger partial charge in [-0.1, -0.05) is 0 Å². The molecule has 0 saturated heterocycles. The van der Waals surface area contributed by atoms with Crippen LogP contribution in [0, 0.1) is 5.92 Å². The molecule has 1 aromatic heterocycles. The van der Waals surface area contributed by atoms with Crippen molar-refractivity contribution in [1.29, 1.82) is 0 Å². The number of aromatic nitrogens is 1. The van der Waals surface area contributed by atoms with E-state index in [4.69, 9.17) is 5.73 Å². The monoisotopic (exact) mass is 164 g/mol. The molecule has 1 unspecified atom stereocenters. The van der Waals surface area contributed by atoms with Crippen LogP contribution >= 0.6 is 0 Å². The zero-order valence-electron chi connectivity index (χ0n) is 6.77. The van der Waals surface area contributed by atoms with Crippen molar-refractivity contribution < 1.29 is 5.11 Å². The van der Waals surface area contributed by atoms with Gasteiger partial charge in [0.1, 0.15) is 0 Å². The van der Waals surface area contributed by atoms with Crippen molar-refractivity contribution in [1.82, 2.24) is 4.98 Å². The van der Waals surface area contributed by atoms with Crippen LogP contribution in [0.25, 0.3) is 0 Å². The summed E-state index contributed by atoms with van der Waals surface area (Å²) >= 11 is 0. The first-order valence-electron chi connectivity index (χ1n) is 4.16. The normalized spacial score (nSPS) is 19.1. The Kier molecular flexibility index (Phi) is 1.73. The van der Waals surface area contributed by atoms with Crippen LogP contribution in [0.1, 0.15) is 24.5 Å². The fourth-order valence-electron chi connectivity index (χ4n) is 1.32. The van der Waals surface area contributed by atoms with Crippen molar-refractivity contribution in [3.63, 3.8) is 0 Å². The van der Waals surface area contributed by atoms with Gasteiger partial charge in [0.15, 0.2) is 0 Å². The van der Waals surface area contributed by atoms with E-state index in [1.807, 2.05) is 0 Å². The third-order valence-electron chi connectivity index (χ3n) is 2.19. The van der Waals surface area contributed by atoms with Crippen LogP contribution in [-0.4, -0.2) is 10.1 Å². The topological polar surface area (TPSA) is 59.1 Å². The van der Waals surface area contributed by atoms with Gasteiger partial charge < -0.3 is 10.8 Å². The Balaban J connectivity index is 2.20. The summed E-state index contributed by atoms with van der Waals surface area (Å²) in [4.78, 5) is 3.93. The molecule has 2 rings (SSSR count). The fourth-order valence-corrected chi connectivity index (χ4v) is 1.32. The van der Waals surface area contributed by atoms with Crippen molar-refractivity contribution in [3.05, 3.63) is 24.0 Å². The lowest BCUT2D eigenvalue weighted by molar-refractivity contribution is 0.153. The number of rotatable bonds is 2. The third-order valence-corrected chi connectivity index (χ3v) is 2.19. The molecule has 1 fully saturated rings. The molecule has 1 aliphatic rings. The summed E-state index contributed by atoms with van der Waals surface area (Å²) in [5, 5.41) is 9.69. The molecular formula is C9H12N2O. The highest BCUT2D eigenvalue weighted by Crippen LogP contribution is 2.40. The van der Waals surface area contributed by atoms with E-state index in [0.717, 1.165) is 18.4 Å². The number of nitrogen functional groups attached to an aromatic ring is 1. The molecule has 3 heteroatoms. The molecule has 1 atom stereocenters. The van der Waals surface area contributed by atoms with E-state index in [-0.39, 0.29) is 6.10 Å². The Morgan fingerprint density at radius 3 is 2.83 bits per heavy atom. The van der Waals surface area contributed by atoms with Crippen LogP contribution in [0.5, 0.6) is 0 Å². The second-order valence-corrected chi connectivity index (χ2v) is 3.33. The number of aliphatic hydroxyl groups excluding tert-OH is 1. The van der Waals surface area contributed by atoms with Gasteiger partial charge in [0.25, 0.3) is 0 Å². The number of nitrogens with two attached hydrogens (primary N) is 1. The molecule has 0 aliphatic heterocycles. The quantitative estimate of drug-likeness (QED) is 0.688. The van der Waals surface area contributed by atoms with E-state index in [2.05, 4.69) is 4.98 Å². The number of nitrogens with zero attached hydrogens (tertiary/aromatic N) is 1. The van der Waals surface area contributed by atoms with Crippen molar-refractivity contribution in [2.45, 2.75) is 18.9 Å². The van der Waals surface area contributed by atoms with Crippen molar-refractivity contribution >= 4 is 5.69 Å². The maximum Gasteiger partial charge on any atom is 0.0833 e. The van der Waals surface area contributed by atoms with Crippen molar-refractivity contribution in [3.8, 4) is 0 Å². The lowest BCUT2D eigenvalue weighted by Gasteiger charge is -2.08. The minimum atomic E-state index is -0.360. The summed E-state index contributed by atoms with van der Waals surface area (Å²) in [6.45, 7) is 0. The zero-order valence-corrected chi connectivity index (χ0v) is 6.77. The van der Waals surface area contributed by atoms with Gasteiger partial charge in [-0.3, -0.25) is 4.98 Å². The summed E-state index contributed by atoms with van der Waals surface area (Å²) in [5.74, 6) is 0.439. The van der Waals surface area contributed by atoms with Crippen LogP contribution in [0.15, 0.2) is 18.5 Å². The zero-order chi connectivity index (χ0) is 8.55. The first-order chi connectivity index (χ1) is 5.77. The van der Waals surface area contributed by atoms with Gasteiger partial charge in [-0.05, 0) is 24.8 Å². The SMILES string of the molecule is Nc1cncc(C(O)C2CC2)c1. The van der Waals surface area contributed by atoms with Gasteiger partial charge in [0.2, 0.25) is 0 Å². The molecule has 1 aromatic rings. The van der Waals surface area contributed by atoms with Gasteiger partial charge in [0, 0.05) is 18.0 Å². The fraction of sp³-hybridized carbons (Fsp3) is 0.444. The highest BCUT2D eigenvalue weighted by Gasteiger charge is 2.30. The number of aliphatic hydroxyl groups is 1. The average Bonchev–Trinajstić information content (AvgIpc) is 2.85. The van der Waals surface area contributed by atoms with Crippen molar-refractivity contribution in [2.24, 2.45) is 5.92 Å². The molecule has 1 saturated carbocycles. The summed E-state index contributed by atoms with van der Waals surface area (Å²) in [7, 11) is 0.